The van der Waals surface area contributed by atoms with Gasteiger partial charge in [-0.3, -0.25) is 4.68 Å². The maximum Gasteiger partial charge on any atom is 0.0945 e. The Bertz CT molecular complexity index is 432. The summed E-state index contributed by atoms with van der Waals surface area (Å²) in [7, 11) is 3.87. The smallest absolute Gasteiger partial charge is 0.0945 e. The van der Waals surface area contributed by atoms with Gasteiger partial charge in [-0.25, -0.2) is 4.98 Å². The molecule has 0 bridgehead atoms. The van der Waals surface area contributed by atoms with E-state index in [2.05, 4.69) is 20.8 Å². The van der Waals surface area contributed by atoms with Crippen LogP contribution in [0.5, 0.6) is 0 Å². The number of aryl methyl sites for hydroxylation is 1. The van der Waals surface area contributed by atoms with Crippen molar-refractivity contribution in [3.63, 3.8) is 0 Å². The highest BCUT2D eigenvalue weighted by Gasteiger charge is 2.05. The van der Waals surface area contributed by atoms with Crippen LogP contribution in [0.2, 0.25) is 0 Å². The molecule has 0 aliphatic carbocycles. The van der Waals surface area contributed by atoms with E-state index in [9.17, 15) is 0 Å². The summed E-state index contributed by atoms with van der Waals surface area (Å²) in [6.45, 7) is 0.972. The van der Waals surface area contributed by atoms with Gasteiger partial charge >= 0.3 is 0 Å². The molecule has 2 heterocycles. The van der Waals surface area contributed by atoms with E-state index in [1.165, 1.54) is 5.01 Å². The number of aromatic nitrogens is 3. The monoisotopic (exact) mass is 222 g/mol. The number of nitrogens with zero attached hydrogens (tertiary/aromatic N) is 3. The van der Waals surface area contributed by atoms with Gasteiger partial charge in [-0.2, -0.15) is 5.10 Å². The van der Waals surface area contributed by atoms with Crippen molar-refractivity contribution in [2.45, 2.75) is 6.42 Å². The third-order valence-corrected chi connectivity index (χ3v) is 3.05. The summed E-state index contributed by atoms with van der Waals surface area (Å²) < 4.78 is 1.79. The molecule has 5 heteroatoms. The molecule has 0 fully saturated rings. The summed E-state index contributed by atoms with van der Waals surface area (Å²) in [5.74, 6) is 0. The Morgan fingerprint density at radius 2 is 2.40 bits per heavy atom. The third kappa shape index (κ3) is 2.43. The van der Waals surface area contributed by atoms with Gasteiger partial charge in [-0.1, -0.05) is 0 Å². The lowest BCUT2D eigenvalue weighted by atomic mass is 10.3. The third-order valence-electron chi connectivity index (χ3n) is 2.14. The molecule has 0 radical (unpaired) electrons. The van der Waals surface area contributed by atoms with Crippen molar-refractivity contribution in [3.05, 3.63) is 22.8 Å². The summed E-state index contributed by atoms with van der Waals surface area (Å²) in [6, 6.07) is 0. The molecule has 4 nitrogen and oxygen atoms in total. The average Bonchev–Trinajstić information content (AvgIpc) is 2.83. The second-order valence-corrected chi connectivity index (χ2v) is 4.33. The molecule has 0 unspecified atom stereocenters. The largest absolute Gasteiger partial charge is 0.319 e. The van der Waals surface area contributed by atoms with Crippen LogP contribution in [-0.4, -0.2) is 28.4 Å². The number of rotatable bonds is 4. The first kappa shape index (κ1) is 10.3. The summed E-state index contributed by atoms with van der Waals surface area (Å²) in [5.41, 5.74) is 2.11. The van der Waals surface area contributed by atoms with Gasteiger partial charge < -0.3 is 5.32 Å². The molecule has 0 saturated carbocycles. The normalized spacial score (nSPS) is 10.8. The zero-order valence-electron chi connectivity index (χ0n) is 8.90. The first-order chi connectivity index (χ1) is 7.29. The van der Waals surface area contributed by atoms with Gasteiger partial charge in [-0.15, -0.1) is 11.3 Å². The first-order valence-electron chi connectivity index (χ1n) is 4.87. The first-order valence-corrected chi connectivity index (χ1v) is 5.75. The molecule has 15 heavy (non-hydrogen) atoms. The molecular formula is C10H14N4S. The maximum atomic E-state index is 4.56. The second-order valence-electron chi connectivity index (χ2n) is 3.38. The number of hydrogen-bond donors (Lipinski definition) is 1. The van der Waals surface area contributed by atoms with Gasteiger partial charge in [0.15, 0.2) is 0 Å². The van der Waals surface area contributed by atoms with E-state index in [4.69, 9.17) is 0 Å². The van der Waals surface area contributed by atoms with E-state index >= 15 is 0 Å². The fraction of sp³-hybridized carbons (Fsp3) is 0.400. The number of likely N-dealkylation sites (N-methyl/N-ethyl adjacent to an activating group) is 1. The summed E-state index contributed by atoms with van der Waals surface area (Å²) in [6.07, 6.45) is 4.81. The predicted molar refractivity (Wildman–Crippen MR) is 61.9 cm³/mol. The Hall–Kier alpha value is -1.20. The Kier molecular flexibility index (Phi) is 3.13. The molecule has 1 N–H and O–H groups in total. The SMILES string of the molecule is CNCCc1nc(-c2cnn(C)c2)cs1. The quantitative estimate of drug-likeness (QED) is 0.848. The molecule has 2 aromatic heterocycles. The van der Waals surface area contributed by atoms with Crippen molar-refractivity contribution in [1.29, 1.82) is 0 Å². The minimum atomic E-state index is 0.972. The molecular weight excluding hydrogens is 208 g/mol. The van der Waals surface area contributed by atoms with Crippen molar-refractivity contribution in [3.8, 4) is 11.3 Å². The van der Waals surface area contributed by atoms with Crippen LogP contribution in [0.15, 0.2) is 17.8 Å². The highest BCUT2D eigenvalue weighted by molar-refractivity contribution is 7.09. The van der Waals surface area contributed by atoms with Crippen molar-refractivity contribution >= 4 is 11.3 Å². The van der Waals surface area contributed by atoms with Gasteiger partial charge in [0, 0.05) is 37.2 Å². The van der Waals surface area contributed by atoms with E-state index in [1.807, 2.05) is 26.5 Å². The van der Waals surface area contributed by atoms with Crippen LogP contribution in [0.1, 0.15) is 5.01 Å². The standard InChI is InChI=1S/C10H14N4S/c1-11-4-3-10-13-9(7-15-10)8-5-12-14(2)6-8/h5-7,11H,3-4H2,1-2H3. The fourth-order valence-corrected chi connectivity index (χ4v) is 2.15. The number of thiazole rings is 1. The summed E-state index contributed by atoms with van der Waals surface area (Å²) in [5, 5.41) is 10.5. The zero-order chi connectivity index (χ0) is 10.7. The van der Waals surface area contributed by atoms with Crippen LogP contribution in [0, 0.1) is 0 Å². The van der Waals surface area contributed by atoms with Crippen LogP contribution in [-0.2, 0) is 13.5 Å². The topological polar surface area (TPSA) is 42.7 Å². The maximum absolute atomic E-state index is 4.56. The molecule has 0 atom stereocenters. The van der Waals surface area contributed by atoms with Crippen LogP contribution in [0.3, 0.4) is 0 Å². The Morgan fingerprint density at radius 3 is 3.07 bits per heavy atom. The number of hydrogen-bond acceptors (Lipinski definition) is 4. The zero-order valence-corrected chi connectivity index (χ0v) is 9.71. The summed E-state index contributed by atoms with van der Waals surface area (Å²) >= 11 is 1.71. The van der Waals surface area contributed by atoms with E-state index in [1.54, 1.807) is 16.0 Å². The van der Waals surface area contributed by atoms with E-state index < -0.39 is 0 Å². The Morgan fingerprint density at radius 1 is 1.53 bits per heavy atom. The molecule has 0 aliphatic rings. The average molecular weight is 222 g/mol. The minimum Gasteiger partial charge on any atom is -0.319 e. The van der Waals surface area contributed by atoms with E-state index in [0.29, 0.717) is 0 Å². The molecule has 0 saturated heterocycles. The van der Waals surface area contributed by atoms with Gasteiger partial charge in [-0.05, 0) is 7.05 Å². The second kappa shape index (κ2) is 4.55. The highest BCUT2D eigenvalue weighted by Crippen LogP contribution is 2.21. The minimum absolute atomic E-state index is 0.972. The van der Waals surface area contributed by atoms with Crippen LogP contribution < -0.4 is 5.32 Å². The van der Waals surface area contributed by atoms with Crippen LogP contribution in [0.25, 0.3) is 11.3 Å². The van der Waals surface area contributed by atoms with Gasteiger partial charge in [0.1, 0.15) is 0 Å². The summed E-state index contributed by atoms with van der Waals surface area (Å²) in [4.78, 5) is 4.56. The van der Waals surface area contributed by atoms with Crippen molar-refractivity contribution < 1.29 is 0 Å². The molecule has 2 aromatic rings. The molecule has 0 aromatic carbocycles. The van der Waals surface area contributed by atoms with Crippen molar-refractivity contribution in [1.82, 2.24) is 20.1 Å². The lowest BCUT2D eigenvalue weighted by Gasteiger charge is -1.93. The molecule has 0 spiro atoms. The predicted octanol–water partition coefficient (Wildman–Crippen LogP) is 1.31. The van der Waals surface area contributed by atoms with Crippen molar-refractivity contribution in [2.75, 3.05) is 13.6 Å². The fourth-order valence-electron chi connectivity index (χ4n) is 1.34. The number of nitrogens with one attached hydrogen (secondary N) is 1. The lowest BCUT2D eigenvalue weighted by molar-refractivity contribution is 0.768. The van der Waals surface area contributed by atoms with Crippen molar-refractivity contribution in [2.24, 2.45) is 7.05 Å². The molecule has 80 valence electrons. The molecule has 0 amide bonds. The van der Waals surface area contributed by atoms with Gasteiger partial charge in [0.2, 0.25) is 0 Å². The van der Waals surface area contributed by atoms with Crippen LogP contribution >= 0.6 is 11.3 Å². The van der Waals surface area contributed by atoms with Crippen LogP contribution in [0.4, 0.5) is 0 Å². The van der Waals surface area contributed by atoms with Gasteiger partial charge in [0.25, 0.3) is 0 Å². The molecule has 0 aliphatic heterocycles. The lowest BCUT2D eigenvalue weighted by Crippen LogP contribution is -2.09. The molecule has 2 rings (SSSR count). The van der Waals surface area contributed by atoms with Gasteiger partial charge in [0.05, 0.1) is 16.9 Å². The van der Waals surface area contributed by atoms with E-state index in [-0.39, 0.29) is 0 Å². The van der Waals surface area contributed by atoms with E-state index in [0.717, 1.165) is 24.2 Å². The highest BCUT2D eigenvalue weighted by atomic mass is 32.1. The Balaban J connectivity index is 2.13. The Labute approximate surface area is 93.0 Å².